The summed E-state index contributed by atoms with van der Waals surface area (Å²) in [5.74, 6) is -0.634. The lowest BCUT2D eigenvalue weighted by molar-refractivity contribution is 0.104. The Kier molecular flexibility index (Phi) is 2.25. The second kappa shape index (κ2) is 3.40. The third kappa shape index (κ3) is 1.55. The van der Waals surface area contributed by atoms with Crippen molar-refractivity contribution in [2.75, 3.05) is 0 Å². The molecule has 1 nitrogen and oxygen atoms in total. The zero-order valence-electron chi connectivity index (χ0n) is 7.21. The van der Waals surface area contributed by atoms with E-state index in [-0.39, 0.29) is 0 Å². The van der Waals surface area contributed by atoms with E-state index in [0.29, 0.717) is 12.1 Å². The second-order valence-corrected chi connectivity index (χ2v) is 3.38. The summed E-state index contributed by atoms with van der Waals surface area (Å²) < 4.78 is 25.1. The smallest absolute Gasteiger partial charge is 0.246 e. The van der Waals surface area contributed by atoms with E-state index in [1.807, 2.05) is 12.1 Å². The fourth-order valence-corrected chi connectivity index (χ4v) is 1.89. The Morgan fingerprint density at radius 2 is 2.31 bits per heavy atom. The molecule has 1 atom stereocenters. The molecule has 0 radical (unpaired) electrons. The van der Waals surface area contributed by atoms with Gasteiger partial charge >= 0.3 is 0 Å². The Hall–Kier alpha value is -0.990. The van der Waals surface area contributed by atoms with Crippen molar-refractivity contribution in [1.29, 1.82) is 0 Å². The third-order valence-corrected chi connectivity index (χ3v) is 2.54. The summed E-state index contributed by atoms with van der Waals surface area (Å²) in [5.41, 5.74) is 1.61. The lowest BCUT2D eigenvalue weighted by atomic mass is 9.87. The van der Waals surface area contributed by atoms with Gasteiger partial charge in [-0.25, -0.2) is 8.78 Å². The van der Waals surface area contributed by atoms with Gasteiger partial charge in [0, 0.05) is 6.20 Å². The van der Waals surface area contributed by atoms with Gasteiger partial charge < -0.3 is 0 Å². The number of aryl methyl sites for hydroxylation is 1. The number of rotatable bonds is 1. The number of hydrogen-bond acceptors (Lipinski definition) is 1. The number of fused-ring (bicyclic) bond motifs is 1. The summed E-state index contributed by atoms with van der Waals surface area (Å²) in [7, 11) is 0. The van der Waals surface area contributed by atoms with Crippen LogP contribution in [0.4, 0.5) is 8.78 Å². The molecule has 1 aliphatic rings. The van der Waals surface area contributed by atoms with Gasteiger partial charge in [-0.15, -0.1) is 0 Å². The lowest BCUT2D eigenvalue weighted by Crippen LogP contribution is -2.17. The van der Waals surface area contributed by atoms with Crippen molar-refractivity contribution in [2.45, 2.75) is 31.6 Å². The zero-order chi connectivity index (χ0) is 9.26. The molecule has 0 spiro atoms. The monoisotopic (exact) mass is 183 g/mol. The summed E-state index contributed by atoms with van der Waals surface area (Å²) in [5, 5.41) is 0. The van der Waals surface area contributed by atoms with E-state index >= 15 is 0 Å². The molecule has 0 amide bonds. The van der Waals surface area contributed by atoms with Crippen LogP contribution in [0.3, 0.4) is 0 Å². The molecule has 13 heavy (non-hydrogen) atoms. The van der Waals surface area contributed by atoms with Crippen LogP contribution in [0.1, 0.15) is 30.0 Å². The second-order valence-electron chi connectivity index (χ2n) is 3.38. The molecule has 0 aromatic carbocycles. The SMILES string of the molecule is FC(F)C1CCCc2cccnc21. The molecular formula is C10H11F2N. The number of aromatic nitrogens is 1. The highest BCUT2D eigenvalue weighted by Gasteiger charge is 2.28. The highest BCUT2D eigenvalue weighted by Crippen LogP contribution is 2.33. The molecule has 3 heteroatoms. The van der Waals surface area contributed by atoms with Crippen LogP contribution in [-0.2, 0) is 6.42 Å². The molecule has 1 aromatic rings. The maximum atomic E-state index is 12.6. The van der Waals surface area contributed by atoms with Crippen LogP contribution in [-0.4, -0.2) is 11.4 Å². The minimum Gasteiger partial charge on any atom is -0.261 e. The van der Waals surface area contributed by atoms with E-state index in [1.165, 1.54) is 0 Å². The topological polar surface area (TPSA) is 12.9 Å². The Morgan fingerprint density at radius 1 is 1.46 bits per heavy atom. The Bertz CT molecular complexity index is 299. The summed E-state index contributed by atoms with van der Waals surface area (Å²) in [4.78, 5) is 4.04. The van der Waals surface area contributed by atoms with E-state index in [0.717, 1.165) is 18.4 Å². The average molecular weight is 183 g/mol. The quantitative estimate of drug-likeness (QED) is 0.652. The largest absolute Gasteiger partial charge is 0.261 e. The number of alkyl halides is 2. The van der Waals surface area contributed by atoms with Crippen molar-refractivity contribution in [1.82, 2.24) is 4.98 Å². The van der Waals surface area contributed by atoms with Crippen LogP contribution < -0.4 is 0 Å². The summed E-state index contributed by atoms with van der Waals surface area (Å²) in [6, 6.07) is 3.71. The third-order valence-electron chi connectivity index (χ3n) is 2.54. The fraction of sp³-hybridized carbons (Fsp3) is 0.500. The van der Waals surface area contributed by atoms with Crippen molar-refractivity contribution >= 4 is 0 Å². The molecule has 1 aromatic heterocycles. The molecular weight excluding hydrogens is 172 g/mol. The van der Waals surface area contributed by atoms with Gasteiger partial charge in [-0.1, -0.05) is 6.07 Å². The van der Waals surface area contributed by atoms with Crippen LogP contribution in [0, 0.1) is 0 Å². The van der Waals surface area contributed by atoms with E-state index in [4.69, 9.17) is 0 Å². The number of hydrogen-bond donors (Lipinski definition) is 0. The van der Waals surface area contributed by atoms with Crippen molar-refractivity contribution in [3.8, 4) is 0 Å². The minimum absolute atomic E-state index is 0.571. The van der Waals surface area contributed by atoms with Gasteiger partial charge in [0.15, 0.2) is 0 Å². The van der Waals surface area contributed by atoms with Crippen molar-refractivity contribution < 1.29 is 8.78 Å². The Labute approximate surface area is 75.8 Å². The first-order chi connectivity index (χ1) is 6.29. The van der Waals surface area contributed by atoms with E-state index in [1.54, 1.807) is 6.20 Å². The molecule has 0 saturated carbocycles. The fourth-order valence-electron chi connectivity index (χ4n) is 1.89. The summed E-state index contributed by atoms with van der Waals surface area (Å²) in [6.45, 7) is 0. The first kappa shape index (κ1) is 8.60. The highest BCUT2D eigenvalue weighted by molar-refractivity contribution is 5.26. The van der Waals surface area contributed by atoms with Gasteiger partial charge in [-0.2, -0.15) is 0 Å². The van der Waals surface area contributed by atoms with E-state index in [2.05, 4.69) is 4.98 Å². The van der Waals surface area contributed by atoms with Gasteiger partial charge in [0.25, 0.3) is 0 Å². The summed E-state index contributed by atoms with van der Waals surface area (Å²) >= 11 is 0. The molecule has 0 fully saturated rings. The highest BCUT2D eigenvalue weighted by atomic mass is 19.3. The van der Waals surface area contributed by atoms with E-state index in [9.17, 15) is 8.78 Å². The number of pyridine rings is 1. The average Bonchev–Trinajstić information content (AvgIpc) is 2.17. The normalized spacial score (nSPS) is 21.6. The molecule has 0 saturated heterocycles. The predicted octanol–water partition coefficient (Wildman–Crippen LogP) is 2.77. The van der Waals surface area contributed by atoms with Gasteiger partial charge in [0.2, 0.25) is 6.43 Å². The first-order valence-electron chi connectivity index (χ1n) is 4.51. The Balaban J connectivity index is 2.37. The predicted molar refractivity (Wildman–Crippen MR) is 45.9 cm³/mol. The van der Waals surface area contributed by atoms with Crippen LogP contribution >= 0.6 is 0 Å². The van der Waals surface area contributed by atoms with Gasteiger partial charge in [-0.3, -0.25) is 4.98 Å². The van der Waals surface area contributed by atoms with Crippen LogP contribution in [0.5, 0.6) is 0 Å². The van der Waals surface area contributed by atoms with Gasteiger partial charge in [-0.05, 0) is 30.9 Å². The molecule has 0 N–H and O–H groups in total. The van der Waals surface area contributed by atoms with E-state index < -0.39 is 12.3 Å². The molecule has 0 bridgehead atoms. The molecule has 2 rings (SSSR count). The van der Waals surface area contributed by atoms with Crippen molar-refractivity contribution in [2.24, 2.45) is 0 Å². The van der Waals surface area contributed by atoms with Crippen LogP contribution in [0.2, 0.25) is 0 Å². The van der Waals surface area contributed by atoms with Crippen molar-refractivity contribution in [3.05, 3.63) is 29.6 Å². The van der Waals surface area contributed by atoms with Crippen LogP contribution in [0.25, 0.3) is 0 Å². The number of nitrogens with zero attached hydrogens (tertiary/aromatic N) is 1. The van der Waals surface area contributed by atoms with Crippen molar-refractivity contribution in [3.63, 3.8) is 0 Å². The maximum absolute atomic E-state index is 12.6. The maximum Gasteiger partial charge on any atom is 0.246 e. The minimum atomic E-state index is -2.27. The molecule has 70 valence electrons. The zero-order valence-corrected chi connectivity index (χ0v) is 7.21. The standard InChI is InChI=1S/C10H11F2N/c11-10(12)8-5-1-3-7-4-2-6-13-9(7)8/h2,4,6,8,10H,1,3,5H2. The molecule has 1 heterocycles. The Morgan fingerprint density at radius 3 is 3.08 bits per heavy atom. The molecule has 1 unspecified atom stereocenters. The molecule has 1 aliphatic carbocycles. The van der Waals surface area contributed by atoms with Gasteiger partial charge in [0.1, 0.15) is 0 Å². The van der Waals surface area contributed by atoms with Crippen LogP contribution in [0.15, 0.2) is 18.3 Å². The first-order valence-corrected chi connectivity index (χ1v) is 4.51. The lowest BCUT2D eigenvalue weighted by Gasteiger charge is -2.23. The number of halogens is 2. The molecule has 0 aliphatic heterocycles. The van der Waals surface area contributed by atoms with Gasteiger partial charge in [0.05, 0.1) is 11.6 Å². The summed E-state index contributed by atoms with van der Waals surface area (Å²) in [6.07, 6.45) is 1.65.